The summed E-state index contributed by atoms with van der Waals surface area (Å²) in [6, 6.07) is 4.48. The number of aromatic nitrogens is 1. The minimum absolute atomic E-state index is 0.0306. The standard InChI is InChI=1S/C12H14N4O3/c1-12(2)9(5-10(12)17)15-11-4-3-8(16(18)19)7(6-13)14-11/h3-4,9-10,17H,5H2,1-2H3,(H,14,15). The lowest BCUT2D eigenvalue weighted by atomic mass is 9.64. The van der Waals surface area contributed by atoms with Crippen LogP contribution in [0.25, 0.3) is 0 Å². The van der Waals surface area contributed by atoms with Crippen LogP contribution in [-0.4, -0.2) is 27.2 Å². The van der Waals surface area contributed by atoms with Crippen molar-refractivity contribution in [2.75, 3.05) is 5.32 Å². The summed E-state index contributed by atoms with van der Waals surface area (Å²) >= 11 is 0. The first-order chi connectivity index (χ1) is 8.86. The van der Waals surface area contributed by atoms with Crippen molar-refractivity contribution >= 4 is 11.5 Å². The molecule has 0 saturated heterocycles. The smallest absolute Gasteiger partial charge is 0.305 e. The average Bonchev–Trinajstić information content (AvgIpc) is 2.38. The monoisotopic (exact) mass is 262 g/mol. The van der Waals surface area contributed by atoms with Gasteiger partial charge in [-0.1, -0.05) is 13.8 Å². The topological polar surface area (TPSA) is 112 Å². The highest BCUT2D eigenvalue weighted by Crippen LogP contribution is 2.42. The lowest BCUT2D eigenvalue weighted by molar-refractivity contribution is -0.385. The van der Waals surface area contributed by atoms with E-state index in [1.54, 1.807) is 6.07 Å². The van der Waals surface area contributed by atoms with Gasteiger partial charge in [-0.2, -0.15) is 5.26 Å². The van der Waals surface area contributed by atoms with E-state index in [4.69, 9.17) is 5.26 Å². The van der Waals surface area contributed by atoms with Crippen LogP contribution < -0.4 is 5.32 Å². The molecule has 7 heteroatoms. The fourth-order valence-electron chi connectivity index (χ4n) is 2.09. The number of rotatable bonds is 3. The van der Waals surface area contributed by atoms with E-state index in [-0.39, 0.29) is 28.9 Å². The van der Waals surface area contributed by atoms with Crippen molar-refractivity contribution in [1.29, 1.82) is 5.26 Å². The largest absolute Gasteiger partial charge is 0.392 e. The Hall–Kier alpha value is -2.20. The first-order valence-corrected chi connectivity index (χ1v) is 5.86. The minimum Gasteiger partial charge on any atom is -0.392 e. The Bertz CT molecular complexity index is 565. The third-order valence-corrected chi connectivity index (χ3v) is 3.71. The number of aliphatic hydroxyl groups is 1. The Morgan fingerprint density at radius 2 is 2.32 bits per heavy atom. The van der Waals surface area contributed by atoms with Crippen molar-refractivity contribution in [3.05, 3.63) is 27.9 Å². The highest BCUT2D eigenvalue weighted by molar-refractivity contribution is 5.51. The fraction of sp³-hybridized carbons (Fsp3) is 0.500. The normalized spacial score (nSPS) is 24.1. The molecule has 1 saturated carbocycles. The number of nitro groups is 1. The van der Waals surface area contributed by atoms with Crippen LogP contribution in [0.5, 0.6) is 0 Å². The molecule has 0 radical (unpaired) electrons. The molecule has 1 aliphatic carbocycles. The number of nitrogens with zero attached hydrogens (tertiary/aromatic N) is 3. The van der Waals surface area contributed by atoms with Gasteiger partial charge in [-0.3, -0.25) is 10.1 Å². The Morgan fingerprint density at radius 1 is 1.63 bits per heavy atom. The van der Waals surface area contributed by atoms with Gasteiger partial charge in [0.1, 0.15) is 11.9 Å². The number of hydrogen-bond donors (Lipinski definition) is 2. The number of hydrogen-bond acceptors (Lipinski definition) is 6. The second-order valence-electron chi connectivity index (χ2n) is 5.20. The summed E-state index contributed by atoms with van der Waals surface area (Å²) in [4.78, 5) is 14.0. The minimum atomic E-state index is -0.633. The Balaban J connectivity index is 2.20. The third-order valence-electron chi connectivity index (χ3n) is 3.71. The molecule has 1 aliphatic rings. The van der Waals surface area contributed by atoms with Crippen LogP contribution in [0.4, 0.5) is 11.5 Å². The quantitative estimate of drug-likeness (QED) is 0.629. The van der Waals surface area contributed by atoms with E-state index >= 15 is 0 Å². The fourth-order valence-corrected chi connectivity index (χ4v) is 2.09. The van der Waals surface area contributed by atoms with Gasteiger partial charge in [0, 0.05) is 17.5 Å². The van der Waals surface area contributed by atoms with Crippen LogP contribution in [0.2, 0.25) is 0 Å². The van der Waals surface area contributed by atoms with E-state index in [0.717, 1.165) is 0 Å². The summed E-state index contributed by atoms with van der Waals surface area (Å²) < 4.78 is 0. The van der Waals surface area contributed by atoms with Crippen LogP contribution in [0.15, 0.2) is 12.1 Å². The summed E-state index contributed by atoms with van der Waals surface area (Å²) in [7, 11) is 0. The van der Waals surface area contributed by atoms with Crippen molar-refractivity contribution in [1.82, 2.24) is 4.98 Å². The van der Waals surface area contributed by atoms with Crippen molar-refractivity contribution in [2.45, 2.75) is 32.4 Å². The van der Waals surface area contributed by atoms with Gasteiger partial charge >= 0.3 is 5.69 Å². The van der Waals surface area contributed by atoms with E-state index < -0.39 is 4.92 Å². The molecule has 1 heterocycles. The van der Waals surface area contributed by atoms with Crippen molar-refractivity contribution < 1.29 is 10.0 Å². The van der Waals surface area contributed by atoms with Crippen LogP contribution >= 0.6 is 0 Å². The molecule has 0 spiro atoms. The number of pyridine rings is 1. The maximum atomic E-state index is 10.7. The highest BCUT2D eigenvalue weighted by Gasteiger charge is 2.47. The first-order valence-electron chi connectivity index (χ1n) is 5.86. The highest BCUT2D eigenvalue weighted by atomic mass is 16.6. The van der Waals surface area contributed by atoms with Crippen LogP contribution in [0.3, 0.4) is 0 Å². The average molecular weight is 262 g/mol. The molecule has 7 nitrogen and oxygen atoms in total. The van der Waals surface area contributed by atoms with Crippen LogP contribution in [0, 0.1) is 26.9 Å². The second-order valence-corrected chi connectivity index (χ2v) is 5.20. The molecule has 1 fully saturated rings. The Labute approximate surface area is 110 Å². The molecule has 0 amide bonds. The predicted molar refractivity (Wildman–Crippen MR) is 67.4 cm³/mol. The molecule has 2 unspecified atom stereocenters. The maximum Gasteiger partial charge on any atom is 0.305 e. The number of anilines is 1. The first kappa shape index (κ1) is 13.2. The zero-order valence-corrected chi connectivity index (χ0v) is 10.6. The van der Waals surface area contributed by atoms with E-state index in [2.05, 4.69) is 10.3 Å². The lowest BCUT2D eigenvalue weighted by Crippen LogP contribution is -2.57. The zero-order chi connectivity index (χ0) is 14.2. The Morgan fingerprint density at radius 3 is 2.79 bits per heavy atom. The molecule has 1 aromatic heterocycles. The van der Waals surface area contributed by atoms with Gasteiger partial charge in [0.05, 0.1) is 11.0 Å². The molecule has 1 aromatic rings. The molecule has 100 valence electrons. The molecule has 19 heavy (non-hydrogen) atoms. The van der Waals surface area contributed by atoms with Gasteiger partial charge in [0.15, 0.2) is 0 Å². The molecule has 2 N–H and O–H groups in total. The van der Waals surface area contributed by atoms with Crippen molar-refractivity contribution in [3.63, 3.8) is 0 Å². The van der Waals surface area contributed by atoms with Gasteiger partial charge < -0.3 is 10.4 Å². The molecular formula is C12H14N4O3. The van der Waals surface area contributed by atoms with E-state index in [0.29, 0.717) is 12.2 Å². The molecular weight excluding hydrogens is 248 g/mol. The summed E-state index contributed by atoms with van der Waals surface area (Å²) in [5.74, 6) is 0.409. The van der Waals surface area contributed by atoms with Crippen LogP contribution in [0.1, 0.15) is 26.0 Å². The summed E-state index contributed by atoms with van der Waals surface area (Å²) in [6.45, 7) is 3.85. The van der Waals surface area contributed by atoms with Gasteiger partial charge in [0.2, 0.25) is 5.69 Å². The SMILES string of the molecule is CC1(C)C(O)CC1Nc1ccc([N+](=O)[O-])c(C#N)n1. The number of aliphatic hydroxyl groups excluding tert-OH is 1. The second kappa shape index (κ2) is 4.48. The molecule has 0 aromatic carbocycles. The van der Waals surface area contributed by atoms with Gasteiger partial charge in [0.25, 0.3) is 0 Å². The lowest BCUT2D eigenvalue weighted by Gasteiger charge is -2.49. The molecule has 0 bridgehead atoms. The van der Waals surface area contributed by atoms with Gasteiger partial charge in [-0.25, -0.2) is 4.98 Å². The van der Waals surface area contributed by atoms with Gasteiger partial charge in [-0.15, -0.1) is 0 Å². The zero-order valence-electron chi connectivity index (χ0n) is 10.6. The third kappa shape index (κ3) is 2.22. The van der Waals surface area contributed by atoms with Crippen LogP contribution in [-0.2, 0) is 0 Å². The number of nitrogens with one attached hydrogen (secondary N) is 1. The summed E-state index contributed by atoms with van der Waals surface area (Å²) in [6.07, 6.45) is 0.214. The Kier molecular flexibility index (Phi) is 3.12. The number of nitriles is 1. The maximum absolute atomic E-state index is 10.7. The molecule has 0 aliphatic heterocycles. The van der Waals surface area contributed by atoms with Crippen molar-refractivity contribution in [2.24, 2.45) is 5.41 Å². The summed E-state index contributed by atoms with van der Waals surface area (Å²) in [5.41, 5.74) is -0.801. The van der Waals surface area contributed by atoms with E-state index in [1.165, 1.54) is 12.1 Å². The van der Waals surface area contributed by atoms with Crippen molar-refractivity contribution in [3.8, 4) is 6.07 Å². The summed E-state index contributed by atoms with van der Waals surface area (Å²) in [5, 5.41) is 32.3. The predicted octanol–water partition coefficient (Wildman–Crippen LogP) is 1.43. The molecule has 2 atom stereocenters. The van der Waals surface area contributed by atoms with E-state index in [9.17, 15) is 15.2 Å². The van der Waals surface area contributed by atoms with E-state index in [1.807, 2.05) is 13.8 Å². The van der Waals surface area contributed by atoms with Gasteiger partial charge in [-0.05, 0) is 12.5 Å². The molecule has 2 rings (SSSR count).